The summed E-state index contributed by atoms with van der Waals surface area (Å²) in [7, 11) is 1.24. The number of halogens is 1. The molecule has 0 spiro atoms. The van der Waals surface area contributed by atoms with Crippen molar-refractivity contribution in [2.24, 2.45) is 0 Å². The molecule has 0 unspecified atom stereocenters. The van der Waals surface area contributed by atoms with Crippen LogP contribution in [0.1, 0.15) is 24.3 Å². The Balaban J connectivity index is 1.89. The highest BCUT2D eigenvalue weighted by molar-refractivity contribution is 9.10. The third-order valence-electron chi connectivity index (χ3n) is 4.67. The van der Waals surface area contributed by atoms with Gasteiger partial charge in [-0.3, -0.25) is 4.79 Å². The summed E-state index contributed by atoms with van der Waals surface area (Å²) in [6, 6.07) is 14.3. The van der Waals surface area contributed by atoms with Crippen molar-refractivity contribution in [1.82, 2.24) is 19.9 Å². The maximum Gasteiger partial charge on any atom is 0.359 e. The van der Waals surface area contributed by atoms with E-state index in [2.05, 4.69) is 36.5 Å². The van der Waals surface area contributed by atoms with Crippen LogP contribution in [0.2, 0.25) is 0 Å². The Labute approximate surface area is 203 Å². The van der Waals surface area contributed by atoms with E-state index in [4.69, 9.17) is 14.0 Å². The van der Waals surface area contributed by atoms with Crippen molar-refractivity contribution in [3.63, 3.8) is 0 Å². The summed E-state index contributed by atoms with van der Waals surface area (Å²) in [5.41, 5.74) is 1.45. The first kappa shape index (κ1) is 23.2. The van der Waals surface area contributed by atoms with Crippen LogP contribution >= 0.6 is 15.9 Å². The van der Waals surface area contributed by atoms with E-state index in [1.807, 2.05) is 31.2 Å². The van der Waals surface area contributed by atoms with E-state index in [1.165, 1.54) is 18.7 Å². The molecule has 2 aromatic carbocycles. The van der Waals surface area contributed by atoms with Gasteiger partial charge in [-0.25, -0.2) is 9.48 Å². The number of hydrogen-bond acceptors (Lipinski definition) is 8. The van der Waals surface area contributed by atoms with Gasteiger partial charge in [-0.1, -0.05) is 27.2 Å². The summed E-state index contributed by atoms with van der Waals surface area (Å²) in [4.78, 5) is 29.2. The van der Waals surface area contributed by atoms with Gasteiger partial charge in [0.25, 0.3) is 5.89 Å². The number of rotatable bonds is 7. The fourth-order valence-corrected chi connectivity index (χ4v) is 3.51. The molecule has 0 aliphatic carbocycles. The van der Waals surface area contributed by atoms with Gasteiger partial charge in [0.05, 0.1) is 19.4 Å². The summed E-state index contributed by atoms with van der Waals surface area (Å²) in [5.74, 6) is -0.187. The van der Waals surface area contributed by atoms with E-state index in [0.29, 0.717) is 23.6 Å². The summed E-state index contributed by atoms with van der Waals surface area (Å²) < 4.78 is 18.2. The maximum absolute atomic E-state index is 12.8. The number of methoxy groups -OCH3 is 1. The second-order valence-electron chi connectivity index (χ2n) is 7.02. The summed E-state index contributed by atoms with van der Waals surface area (Å²) >= 11 is 3.39. The lowest BCUT2D eigenvalue weighted by atomic mass is 10.2. The van der Waals surface area contributed by atoms with Crippen molar-refractivity contribution in [2.45, 2.75) is 13.8 Å². The highest BCUT2D eigenvalue weighted by Gasteiger charge is 2.29. The number of hydrogen-bond donors (Lipinski definition) is 1. The normalized spacial score (nSPS) is 10.7. The van der Waals surface area contributed by atoms with Crippen molar-refractivity contribution < 1.29 is 23.6 Å². The van der Waals surface area contributed by atoms with Crippen LogP contribution < -0.4 is 10.1 Å². The van der Waals surface area contributed by atoms with Gasteiger partial charge in [-0.05, 0) is 43.3 Å². The van der Waals surface area contributed by atoms with Crippen LogP contribution in [0, 0.1) is 0 Å². The Kier molecular flexibility index (Phi) is 6.73. The molecule has 4 aromatic rings. The molecule has 0 fully saturated rings. The van der Waals surface area contributed by atoms with Crippen molar-refractivity contribution in [2.75, 3.05) is 19.0 Å². The van der Waals surface area contributed by atoms with Gasteiger partial charge in [0.15, 0.2) is 11.4 Å². The van der Waals surface area contributed by atoms with E-state index in [0.717, 1.165) is 4.47 Å². The molecule has 0 aliphatic heterocycles. The number of anilines is 1. The first-order valence-electron chi connectivity index (χ1n) is 10.2. The highest BCUT2D eigenvalue weighted by atomic mass is 79.9. The Morgan fingerprint density at radius 1 is 1.18 bits per heavy atom. The minimum atomic E-state index is -0.707. The van der Waals surface area contributed by atoms with Crippen LogP contribution in [0.4, 0.5) is 5.69 Å². The topological polar surface area (TPSA) is 121 Å². The zero-order valence-corrected chi connectivity index (χ0v) is 20.1. The van der Waals surface area contributed by atoms with Crippen LogP contribution in [0.5, 0.6) is 5.75 Å². The number of nitrogens with one attached hydrogen (secondary N) is 1. The quantitative estimate of drug-likeness (QED) is 0.350. The van der Waals surface area contributed by atoms with Gasteiger partial charge < -0.3 is 19.3 Å². The van der Waals surface area contributed by atoms with Gasteiger partial charge in [0.1, 0.15) is 11.4 Å². The van der Waals surface area contributed by atoms with Crippen LogP contribution in [-0.4, -0.2) is 45.5 Å². The van der Waals surface area contributed by atoms with E-state index in [1.54, 1.807) is 24.3 Å². The van der Waals surface area contributed by atoms with Crippen LogP contribution in [0.15, 0.2) is 57.5 Å². The molecule has 0 aliphatic rings. The molecular formula is C23H20BrN5O5. The molecule has 2 heterocycles. The van der Waals surface area contributed by atoms with Gasteiger partial charge in [0, 0.05) is 23.0 Å². The van der Waals surface area contributed by atoms with E-state index >= 15 is 0 Å². The average Bonchev–Trinajstić information content (AvgIpc) is 3.44. The molecule has 174 valence electrons. The van der Waals surface area contributed by atoms with Crippen molar-refractivity contribution >= 4 is 33.5 Å². The lowest BCUT2D eigenvalue weighted by Gasteiger charge is -2.10. The van der Waals surface area contributed by atoms with Crippen LogP contribution in [-0.2, 0) is 9.53 Å². The van der Waals surface area contributed by atoms with E-state index < -0.39 is 11.9 Å². The summed E-state index contributed by atoms with van der Waals surface area (Å²) in [5, 5.41) is 11.2. The molecule has 0 atom stereocenters. The molecular weight excluding hydrogens is 506 g/mol. The van der Waals surface area contributed by atoms with Crippen molar-refractivity contribution in [3.05, 3.63) is 58.7 Å². The molecule has 0 saturated heterocycles. The smallest absolute Gasteiger partial charge is 0.359 e. The zero-order valence-electron chi connectivity index (χ0n) is 18.5. The minimum absolute atomic E-state index is 0.00339. The summed E-state index contributed by atoms with van der Waals surface area (Å²) in [6.07, 6.45) is 0. The second-order valence-corrected chi connectivity index (χ2v) is 7.93. The van der Waals surface area contributed by atoms with E-state index in [9.17, 15) is 9.59 Å². The number of carbonyl (C=O) groups excluding carboxylic acids is 2. The molecule has 0 saturated carbocycles. The lowest BCUT2D eigenvalue weighted by Crippen LogP contribution is -2.15. The van der Waals surface area contributed by atoms with Gasteiger partial charge in [-0.2, -0.15) is 10.1 Å². The number of carbonyl (C=O) groups is 2. The summed E-state index contributed by atoms with van der Waals surface area (Å²) in [6.45, 7) is 3.66. The zero-order chi connectivity index (χ0) is 24.2. The molecule has 34 heavy (non-hydrogen) atoms. The predicted molar refractivity (Wildman–Crippen MR) is 127 cm³/mol. The number of amides is 1. The first-order chi connectivity index (χ1) is 16.4. The van der Waals surface area contributed by atoms with E-state index in [-0.39, 0.29) is 28.8 Å². The molecule has 4 rings (SSSR count). The minimum Gasteiger partial charge on any atom is -0.494 e. The Morgan fingerprint density at radius 2 is 1.94 bits per heavy atom. The maximum atomic E-state index is 12.8. The Morgan fingerprint density at radius 3 is 2.62 bits per heavy atom. The number of esters is 1. The molecule has 10 nitrogen and oxygen atoms in total. The van der Waals surface area contributed by atoms with Crippen molar-refractivity contribution in [3.8, 4) is 34.4 Å². The second kappa shape index (κ2) is 9.87. The Hall–Kier alpha value is -3.99. The Bertz CT molecular complexity index is 1350. The predicted octanol–water partition coefficient (Wildman–Crippen LogP) is 4.50. The molecule has 2 aromatic heterocycles. The standard InChI is InChI=1S/C23H20BrN5O5/c1-4-33-17-7-5-6-16(12-17)29-20(23(31)32-3)18(25-13(2)30)19(27-29)21-26-22(34-28-21)14-8-10-15(24)11-9-14/h5-12H,4H2,1-3H3,(H,25,30). The first-order valence-corrected chi connectivity index (χ1v) is 11.0. The largest absolute Gasteiger partial charge is 0.494 e. The number of benzene rings is 2. The molecule has 0 radical (unpaired) electrons. The fourth-order valence-electron chi connectivity index (χ4n) is 3.24. The van der Waals surface area contributed by atoms with Gasteiger partial charge >= 0.3 is 5.97 Å². The molecule has 0 bridgehead atoms. The van der Waals surface area contributed by atoms with Gasteiger partial charge in [0.2, 0.25) is 11.7 Å². The molecule has 1 N–H and O–H groups in total. The van der Waals surface area contributed by atoms with Gasteiger partial charge in [-0.15, -0.1) is 0 Å². The molecule has 11 heteroatoms. The SMILES string of the molecule is CCOc1cccc(-n2nc(-c3noc(-c4ccc(Br)cc4)n3)c(NC(C)=O)c2C(=O)OC)c1. The number of ether oxygens (including phenoxy) is 2. The average molecular weight is 526 g/mol. The lowest BCUT2D eigenvalue weighted by molar-refractivity contribution is -0.114. The monoisotopic (exact) mass is 525 g/mol. The van der Waals surface area contributed by atoms with Crippen molar-refractivity contribution in [1.29, 1.82) is 0 Å². The molecule has 1 amide bonds. The third-order valence-corrected chi connectivity index (χ3v) is 5.20. The highest BCUT2D eigenvalue weighted by Crippen LogP contribution is 2.33. The number of nitrogens with zero attached hydrogens (tertiary/aromatic N) is 4. The number of aromatic nitrogens is 4. The van der Waals surface area contributed by atoms with Crippen LogP contribution in [0.25, 0.3) is 28.7 Å². The van der Waals surface area contributed by atoms with Crippen LogP contribution in [0.3, 0.4) is 0 Å². The fraction of sp³-hybridized carbons (Fsp3) is 0.174. The third kappa shape index (κ3) is 4.69.